The number of amides is 1. The van der Waals surface area contributed by atoms with E-state index in [1.165, 1.54) is 0 Å². The molecule has 0 unspecified atom stereocenters. The van der Waals surface area contributed by atoms with E-state index in [9.17, 15) is 4.79 Å². The van der Waals surface area contributed by atoms with Gasteiger partial charge in [-0.05, 0) is 25.5 Å². The fraction of sp³-hybridized carbons (Fsp3) is 0.286. The van der Waals surface area contributed by atoms with Crippen LogP contribution in [0.5, 0.6) is 5.75 Å². The number of carbonyl (C=O) groups excluding carboxylic acids is 1. The van der Waals surface area contributed by atoms with Crippen molar-refractivity contribution in [2.45, 2.75) is 13.3 Å². The van der Waals surface area contributed by atoms with Gasteiger partial charge in [-0.3, -0.25) is 4.79 Å². The zero-order chi connectivity index (χ0) is 13.5. The molecule has 0 aliphatic rings. The van der Waals surface area contributed by atoms with E-state index in [0.29, 0.717) is 24.6 Å². The van der Waals surface area contributed by atoms with Crippen LogP contribution >= 0.6 is 0 Å². The third-order valence-electron chi connectivity index (χ3n) is 2.48. The molecule has 2 rings (SSSR count). The highest BCUT2D eigenvalue weighted by Crippen LogP contribution is 2.08. The number of hydrogen-bond acceptors (Lipinski definition) is 4. The summed E-state index contributed by atoms with van der Waals surface area (Å²) in [6, 6.07) is 11.2. The van der Waals surface area contributed by atoms with E-state index < -0.39 is 0 Å². The van der Waals surface area contributed by atoms with E-state index in [-0.39, 0.29) is 5.91 Å². The van der Waals surface area contributed by atoms with Crippen molar-refractivity contribution in [3.05, 3.63) is 47.9 Å². The first-order valence-electron chi connectivity index (χ1n) is 6.15. The Morgan fingerprint density at radius 2 is 2.16 bits per heavy atom. The summed E-state index contributed by atoms with van der Waals surface area (Å²) in [6.45, 7) is 2.84. The number of hydrogen-bond donors (Lipinski definition) is 1. The van der Waals surface area contributed by atoms with Crippen molar-refractivity contribution in [3.63, 3.8) is 0 Å². The lowest BCUT2D eigenvalue weighted by Crippen LogP contribution is -2.25. The van der Waals surface area contributed by atoms with E-state index in [1.54, 1.807) is 13.0 Å². The van der Waals surface area contributed by atoms with Crippen LogP contribution in [0.25, 0.3) is 0 Å². The number of ether oxygens (including phenoxy) is 1. The molecular weight excluding hydrogens is 244 g/mol. The lowest BCUT2D eigenvalue weighted by Gasteiger charge is -2.06. The Balaban J connectivity index is 1.63. The molecule has 19 heavy (non-hydrogen) atoms. The minimum absolute atomic E-state index is 0.225. The van der Waals surface area contributed by atoms with Gasteiger partial charge < -0.3 is 14.6 Å². The van der Waals surface area contributed by atoms with E-state index >= 15 is 0 Å². The second kappa shape index (κ2) is 6.58. The molecule has 0 atom stereocenters. The predicted octanol–water partition coefficient (Wildman–Crippen LogP) is 2.18. The lowest BCUT2D eigenvalue weighted by molar-refractivity contribution is 0.0942. The molecule has 2 aromatic rings. The second-order valence-electron chi connectivity index (χ2n) is 4.09. The number of benzene rings is 1. The summed E-state index contributed by atoms with van der Waals surface area (Å²) in [7, 11) is 0. The van der Waals surface area contributed by atoms with E-state index in [1.807, 2.05) is 30.3 Å². The molecule has 1 aromatic heterocycles. The van der Waals surface area contributed by atoms with Gasteiger partial charge in [0.2, 0.25) is 0 Å². The third-order valence-corrected chi connectivity index (χ3v) is 2.48. The zero-order valence-electron chi connectivity index (χ0n) is 10.8. The topological polar surface area (TPSA) is 64.4 Å². The van der Waals surface area contributed by atoms with Crippen molar-refractivity contribution >= 4 is 5.91 Å². The lowest BCUT2D eigenvalue weighted by atomic mass is 10.3. The highest BCUT2D eigenvalue weighted by atomic mass is 16.5. The smallest absolute Gasteiger partial charge is 0.273 e. The van der Waals surface area contributed by atoms with Crippen LogP contribution in [0.15, 0.2) is 40.9 Å². The van der Waals surface area contributed by atoms with Crippen LogP contribution in [0.4, 0.5) is 0 Å². The van der Waals surface area contributed by atoms with Crippen molar-refractivity contribution in [1.82, 2.24) is 10.5 Å². The van der Waals surface area contributed by atoms with Gasteiger partial charge in [-0.1, -0.05) is 23.4 Å². The summed E-state index contributed by atoms with van der Waals surface area (Å²) < 4.78 is 10.3. The first-order valence-corrected chi connectivity index (χ1v) is 6.15. The van der Waals surface area contributed by atoms with Crippen molar-refractivity contribution in [3.8, 4) is 5.75 Å². The summed E-state index contributed by atoms with van der Waals surface area (Å²) in [5.74, 6) is 1.23. The maximum atomic E-state index is 11.6. The zero-order valence-corrected chi connectivity index (χ0v) is 10.8. The molecule has 0 aliphatic carbocycles. The molecule has 0 aliphatic heterocycles. The van der Waals surface area contributed by atoms with Gasteiger partial charge in [-0.2, -0.15) is 0 Å². The maximum absolute atomic E-state index is 11.6. The molecule has 0 spiro atoms. The number of para-hydroxylation sites is 1. The third kappa shape index (κ3) is 4.13. The van der Waals surface area contributed by atoms with Gasteiger partial charge in [-0.15, -0.1) is 0 Å². The van der Waals surface area contributed by atoms with Crippen molar-refractivity contribution in [1.29, 1.82) is 0 Å². The Kier molecular flexibility index (Phi) is 4.55. The highest BCUT2D eigenvalue weighted by molar-refractivity contribution is 5.92. The minimum atomic E-state index is -0.225. The summed E-state index contributed by atoms with van der Waals surface area (Å²) in [5.41, 5.74) is 0.307. The Hall–Kier alpha value is -2.30. The number of aromatic nitrogens is 1. The van der Waals surface area contributed by atoms with Crippen molar-refractivity contribution in [2.75, 3.05) is 13.2 Å². The molecule has 0 saturated carbocycles. The number of nitrogens with one attached hydrogen (secondary N) is 1. The standard InChI is InChI=1S/C14H16N2O3/c1-11-10-13(16-19-11)14(17)15-8-5-9-18-12-6-3-2-4-7-12/h2-4,6-7,10H,5,8-9H2,1H3,(H,15,17). The normalized spacial score (nSPS) is 10.2. The summed E-state index contributed by atoms with van der Waals surface area (Å²) in [6.07, 6.45) is 0.734. The first kappa shape index (κ1) is 13.1. The maximum Gasteiger partial charge on any atom is 0.273 e. The van der Waals surface area contributed by atoms with Crippen LogP contribution in [-0.2, 0) is 0 Å². The minimum Gasteiger partial charge on any atom is -0.494 e. The molecule has 0 radical (unpaired) electrons. The fourth-order valence-electron chi connectivity index (χ4n) is 1.54. The Bertz CT molecular complexity index is 522. The summed E-state index contributed by atoms with van der Waals surface area (Å²) in [4.78, 5) is 11.6. The van der Waals surface area contributed by atoms with Gasteiger partial charge in [0.15, 0.2) is 5.69 Å². The van der Waals surface area contributed by atoms with Gasteiger partial charge in [0.05, 0.1) is 6.61 Å². The van der Waals surface area contributed by atoms with Crippen molar-refractivity contribution < 1.29 is 14.1 Å². The molecule has 100 valence electrons. The van der Waals surface area contributed by atoms with Crippen LogP contribution in [0, 0.1) is 6.92 Å². The molecule has 0 bridgehead atoms. The first-order chi connectivity index (χ1) is 9.25. The van der Waals surface area contributed by atoms with E-state index in [2.05, 4.69) is 10.5 Å². The van der Waals surface area contributed by atoms with Crippen LogP contribution in [0.3, 0.4) is 0 Å². The molecule has 0 saturated heterocycles. The predicted molar refractivity (Wildman–Crippen MR) is 70.1 cm³/mol. The molecule has 0 fully saturated rings. The van der Waals surface area contributed by atoms with E-state index in [0.717, 1.165) is 12.2 Å². The molecular formula is C14H16N2O3. The molecule has 1 amide bonds. The van der Waals surface area contributed by atoms with Gasteiger partial charge in [0, 0.05) is 12.6 Å². The van der Waals surface area contributed by atoms with Gasteiger partial charge in [-0.25, -0.2) is 0 Å². The monoisotopic (exact) mass is 260 g/mol. The van der Waals surface area contributed by atoms with Crippen molar-refractivity contribution in [2.24, 2.45) is 0 Å². The fourth-order valence-corrected chi connectivity index (χ4v) is 1.54. The van der Waals surface area contributed by atoms with Crippen LogP contribution in [0.2, 0.25) is 0 Å². The second-order valence-corrected chi connectivity index (χ2v) is 4.09. The Morgan fingerprint density at radius 1 is 1.37 bits per heavy atom. The number of nitrogens with zero attached hydrogens (tertiary/aromatic N) is 1. The molecule has 1 N–H and O–H groups in total. The largest absolute Gasteiger partial charge is 0.494 e. The highest BCUT2D eigenvalue weighted by Gasteiger charge is 2.09. The average molecular weight is 260 g/mol. The molecule has 1 heterocycles. The SMILES string of the molecule is Cc1cc(C(=O)NCCCOc2ccccc2)no1. The molecule has 1 aromatic carbocycles. The Labute approximate surface area is 111 Å². The number of rotatable bonds is 6. The van der Waals surface area contributed by atoms with E-state index in [4.69, 9.17) is 9.26 Å². The van der Waals surface area contributed by atoms with Crippen LogP contribution in [0.1, 0.15) is 22.7 Å². The Morgan fingerprint density at radius 3 is 2.84 bits per heavy atom. The quantitative estimate of drug-likeness (QED) is 0.808. The number of carbonyl (C=O) groups is 1. The van der Waals surface area contributed by atoms with Crippen LogP contribution in [-0.4, -0.2) is 24.2 Å². The average Bonchev–Trinajstić information content (AvgIpc) is 2.86. The van der Waals surface area contributed by atoms with Gasteiger partial charge >= 0.3 is 0 Å². The summed E-state index contributed by atoms with van der Waals surface area (Å²) >= 11 is 0. The molecule has 5 heteroatoms. The van der Waals surface area contributed by atoms with Crippen LogP contribution < -0.4 is 10.1 Å². The number of aryl methyl sites for hydroxylation is 1. The van der Waals surface area contributed by atoms with Gasteiger partial charge in [0.1, 0.15) is 11.5 Å². The summed E-state index contributed by atoms with van der Waals surface area (Å²) in [5, 5.41) is 6.40. The molecule has 5 nitrogen and oxygen atoms in total. The van der Waals surface area contributed by atoms with Gasteiger partial charge in [0.25, 0.3) is 5.91 Å².